The molecular formula is C12H12BrFN4O2. The van der Waals surface area contributed by atoms with Gasteiger partial charge < -0.3 is 10.4 Å². The Kier molecular flexibility index (Phi) is 4.33. The third-order valence-corrected chi connectivity index (χ3v) is 3.29. The van der Waals surface area contributed by atoms with E-state index in [-0.39, 0.29) is 11.5 Å². The van der Waals surface area contributed by atoms with E-state index in [9.17, 15) is 9.18 Å². The molecule has 0 fully saturated rings. The number of aryl methyl sites for hydroxylation is 1. The normalized spacial score (nSPS) is 10.6. The second-order valence-corrected chi connectivity index (χ2v) is 5.03. The third kappa shape index (κ3) is 3.32. The van der Waals surface area contributed by atoms with E-state index in [1.54, 1.807) is 6.07 Å². The van der Waals surface area contributed by atoms with E-state index in [0.29, 0.717) is 23.2 Å². The molecule has 2 rings (SSSR count). The van der Waals surface area contributed by atoms with Gasteiger partial charge in [0.05, 0.1) is 17.2 Å². The van der Waals surface area contributed by atoms with Crippen molar-refractivity contribution in [2.24, 2.45) is 0 Å². The van der Waals surface area contributed by atoms with Crippen LogP contribution in [0.5, 0.6) is 0 Å². The number of rotatable bonds is 5. The summed E-state index contributed by atoms with van der Waals surface area (Å²) in [4.78, 5) is 10.6. The Morgan fingerprint density at radius 2 is 2.30 bits per heavy atom. The summed E-state index contributed by atoms with van der Waals surface area (Å²) in [6.07, 6.45) is 1.35. The lowest BCUT2D eigenvalue weighted by Gasteiger charge is -2.10. The van der Waals surface area contributed by atoms with E-state index >= 15 is 0 Å². The molecule has 1 aromatic heterocycles. The summed E-state index contributed by atoms with van der Waals surface area (Å²) in [5, 5.41) is 19.0. The second kappa shape index (κ2) is 6.00. The summed E-state index contributed by atoms with van der Waals surface area (Å²) in [7, 11) is 0. The fourth-order valence-electron chi connectivity index (χ4n) is 1.65. The quantitative estimate of drug-likeness (QED) is 0.871. The van der Waals surface area contributed by atoms with Gasteiger partial charge in [-0.25, -0.2) is 13.9 Å². The Balaban J connectivity index is 1.95. The van der Waals surface area contributed by atoms with Crippen molar-refractivity contribution < 1.29 is 14.3 Å². The maximum Gasteiger partial charge on any atom is 0.358 e. The van der Waals surface area contributed by atoms with Gasteiger partial charge in [0.1, 0.15) is 5.82 Å². The number of benzene rings is 1. The molecule has 0 saturated heterocycles. The minimum atomic E-state index is -1.12. The molecule has 0 aliphatic heterocycles. The maximum atomic E-state index is 13.4. The molecule has 0 aliphatic carbocycles. The first-order valence-corrected chi connectivity index (χ1v) is 6.59. The van der Waals surface area contributed by atoms with Crippen molar-refractivity contribution in [1.29, 1.82) is 0 Å². The van der Waals surface area contributed by atoms with Crippen molar-refractivity contribution in [3.63, 3.8) is 0 Å². The Morgan fingerprint density at radius 1 is 1.55 bits per heavy atom. The van der Waals surface area contributed by atoms with Crippen LogP contribution in [0.25, 0.3) is 0 Å². The summed E-state index contributed by atoms with van der Waals surface area (Å²) >= 11 is 3.12. The van der Waals surface area contributed by atoms with Crippen LogP contribution in [0.1, 0.15) is 16.1 Å². The van der Waals surface area contributed by atoms with Crippen molar-refractivity contribution in [2.75, 3.05) is 11.9 Å². The molecular weight excluding hydrogens is 331 g/mol. The topological polar surface area (TPSA) is 80.0 Å². The number of nitrogens with one attached hydrogen (secondary N) is 1. The fraction of sp³-hybridized carbons (Fsp3) is 0.250. The lowest BCUT2D eigenvalue weighted by molar-refractivity contribution is 0.0690. The van der Waals surface area contributed by atoms with Crippen molar-refractivity contribution in [3.8, 4) is 0 Å². The second-order valence-electron chi connectivity index (χ2n) is 4.18. The van der Waals surface area contributed by atoms with Gasteiger partial charge in [-0.1, -0.05) is 5.21 Å². The zero-order valence-electron chi connectivity index (χ0n) is 10.6. The number of halogens is 2. The van der Waals surface area contributed by atoms with Gasteiger partial charge in [-0.3, -0.25) is 0 Å². The minimum Gasteiger partial charge on any atom is -0.476 e. The van der Waals surface area contributed by atoms with Crippen LogP contribution in [0.3, 0.4) is 0 Å². The monoisotopic (exact) mass is 342 g/mol. The predicted molar refractivity (Wildman–Crippen MR) is 74.3 cm³/mol. The van der Waals surface area contributed by atoms with Gasteiger partial charge >= 0.3 is 5.97 Å². The smallest absolute Gasteiger partial charge is 0.358 e. The van der Waals surface area contributed by atoms with Crippen LogP contribution in [0.2, 0.25) is 0 Å². The van der Waals surface area contributed by atoms with Crippen LogP contribution >= 0.6 is 15.9 Å². The van der Waals surface area contributed by atoms with Crippen molar-refractivity contribution in [3.05, 3.63) is 39.9 Å². The van der Waals surface area contributed by atoms with E-state index in [4.69, 9.17) is 5.11 Å². The fourth-order valence-corrected chi connectivity index (χ4v) is 2.11. The van der Waals surface area contributed by atoms with Gasteiger partial charge in [-0.2, -0.15) is 0 Å². The van der Waals surface area contributed by atoms with Gasteiger partial charge in [0.25, 0.3) is 0 Å². The largest absolute Gasteiger partial charge is 0.476 e. The SMILES string of the molecule is Cc1cc(Br)c(F)cc1NCCn1cc(C(=O)O)nn1. The van der Waals surface area contributed by atoms with Crippen molar-refractivity contribution in [2.45, 2.75) is 13.5 Å². The average molecular weight is 343 g/mol. The number of carbonyl (C=O) groups is 1. The summed E-state index contributed by atoms with van der Waals surface area (Å²) in [6, 6.07) is 3.10. The molecule has 6 nitrogen and oxygen atoms in total. The predicted octanol–water partition coefficient (Wildman–Crippen LogP) is 2.30. The highest BCUT2D eigenvalue weighted by Crippen LogP contribution is 2.23. The standard InChI is InChI=1S/C12H12BrFN4O2/c1-7-4-8(13)9(14)5-10(7)15-2-3-18-6-11(12(19)20)16-17-18/h4-6,15H,2-3H2,1H3,(H,19,20). The molecule has 0 unspecified atom stereocenters. The molecule has 8 heteroatoms. The molecule has 20 heavy (non-hydrogen) atoms. The molecule has 1 aromatic carbocycles. The first-order chi connectivity index (χ1) is 9.47. The Hall–Kier alpha value is -1.96. The Bertz CT molecular complexity index is 644. The summed E-state index contributed by atoms with van der Waals surface area (Å²) < 4.78 is 15.3. The molecule has 106 valence electrons. The van der Waals surface area contributed by atoms with Crippen LogP contribution in [0.15, 0.2) is 22.8 Å². The summed E-state index contributed by atoms with van der Waals surface area (Å²) in [6.45, 7) is 2.77. The molecule has 0 saturated carbocycles. The van der Waals surface area contributed by atoms with Gasteiger partial charge in [-0.15, -0.1) is 5.10 Å². The Labute approximate surface area is 122 Å². The number of aromatic carboxylic acids is 1. The number of hydrogen-bond acceptors (Lipinski definition) is 4. The van der Waals surface area contributed by atoms with Gasteiger partial charge in [-0.05, 0) is 40.5 Å². The van der Waals surface area contributed by atoms with Gasteiger partial charge in [0.2, 0.25) is 0 Å². The molecule has 0 bridgehead atoms. The van der Waals surface area contributed by atoms with Crippen molar-refractivity contribution >= 4 is 27.6 Å². The van der Waals surface area contributed by atoms with E-state index < -0.39 is 5.97 Å². The first-order valence-electron chi connectivity index (χ1n) is 5.80. The molecule has 1 heterocycles. The zero-order valence-corrected chi connectivity index (χ0v) is 12.2. The van der Waals surface area contributed by atoms with E-state index in [2.05, 4.69) is 31.6 Å². The van der Waals surface area contributed by atoms with Crippen LogP contribution in [-0.2, 0) is 6.54 Å². The number of carboxylic acid groups (broad SMARTS) is 1. The highest BCUT2D eigenvalue weighted by molar-refractivity contribution is 9.10. The van der Waals surface area contributed by atoms with E-state index in [1.165, 1.54) is 16.9 Å². The molecule has 0 amide bonds. The molecule has 0 aliphatic rings. The number of nitrogens with zero attached hydrogens (tertiary/aromatic N) is 3. The maximum absolute atomic E-state index is 13.4. The average Bonchev–Trinajstić information content (AvgIpc) is 2.84. The lowest BCUT2D eigenvalue weighted by Crippen LogP contribution is -2.12. The minimum absolute atomic E-state index is 0.101. The third-order valence-electron chi connectivity index (χ3n) is 2.68. The first kappa shape index (κ1) is 14.4. The van der Waals surface area contributed by atoms with Crippen LogP contribution < -0.4 is 5.32 Å². The highest BCUT2D eigenvalue weighted by atomic mass is 79.9. The van der Waals surface area contributed by atoms with Gasteiger partial charge in [0, 0.05) is 12.2 Å². The summed E-state index contributed by atoms with van der Waals surface area (Å²) in [5.41, 5.74) is 1.49. The number of anilines is 1. The molecule has 2 N–H and O–H groups in total. The number of hydrogen-bond donors (Lipinski definition) is 2. The van der Waals surface area contributed by atoms with Gasteiger partial charge in [0.15, 0.2) is 5.69 Å². The number of aromatic nitrogens is 3. The van der Waals surface area contributed by atoms with Crippen molar-refractivity contribution in [1.82, 2.24) is 15.0 Å². The molecule has 0 atom stereocenters. The van der Waals surface area contributed by atoms with Crippen LogP contribution in [0, 0.1) is 12.7 Å². The molecule has 2 aromatic rings. The van der Waals surface area contributed by atoms with Crippen LogP contribution in [-0.4, -0.2) is 32.6 Å². The Morgan fingerprint density at radius 3 is 2.95 bits per heavy atom. The number of carboxylic acids is 1. The summed E-state index contributed by atoms with van der Waals surface area (Å²) in [5.74, 6) is -1.46. The van der Waals surface area contributed by atoms with E-state index in [0.717, 1.165) is 5.56 Å². The van der Waals surface area contributed by atoms with Crippen LogP contribution in [0.4, 0.5) is 10.1 Å². The molecule has 0 spiro atoms. The molecule has 0 radical (unpaired) electrons. The lowest BCUT2D eigenvalue weighted by atomic mass is 10.2. The zero-order chi connectivity index (χ0) is 14.7. The van der Waals surface area contributed by atoms with E-state index in [1.807, 2.05) is 6.92 Å². The highest BCUT2D eigenvalue weighted by Gasteiger charge is 2.08.